The lowest BCUT2D eigenvalue weighted by Gasteiger charge is -2.24. The van der Waals surface area contributed by atoms with Crippen molar-refractivity contribution in [2.45, 2.75) is 26.2 Å². The summed E-state index contributed by atoms with van der Waals surface area (Å²) in [6.07, 6.45) is 3.30. The second kappa shape index (κ2) is 6.43. The normalized spacial score (nSPS) is 15.0. The Kier molecular flexibility index (Phi) is 4.62. The van der Waals surface area contributed by atoms with E-state index >= 15 is 0 Å². The molecule has 7 nitrogen and oxygen atoms in total. The smallest absolute Gasteiger partial charge is 0.293 e. The lowest BCUT2D eigenvalue weighted by atomic mass is 10.1. The second-order valence-corrected chi connectivity index (χ2v) is 5.34. The molecule has 7 heteroatoms. The maximum atomic E-state index is 11.3. The molecule has 0 unspecified atom stereocenters. The van der Waals surface area contributed by atoms with Crippen LogP contribution in [0, 0.1) is 16.0 Å². The maximum Gasteiger partial charge on any atom is 0.293 e. The Morgan fingerprint density at radius 1 is 1.57 bits per heavy atom. The highest BCUT2D eigenvalue weighted by Crippen LogP contribution is 2.35. The van der Waals surface area contributed by atoms with Crippen molar-refractivity contribution in [3.63, 3.8) is 0 Å². The van der Waals surface area contributed by atoms with Gasteiger partial charge in [0.15, 0.2) is 5.84 Å². The molecule has 0 bridgehead atoms. The molecule has 3 N–H and O–H groups in total. The van der Waals surface area contributed by atoms with Crippen LogP contribution in [0.5, 0.6) is 0 Å². The molecule has 1 aromatic rings. The number of oxime groups is 1. The lowest BCUT2D eigenvalue weighted by Crippen LogP contribution is -2.27. The summed E-state index contributed by atoms with van der Waals surface area (Å²) in [4.78, 5) is 13.0. The van der Waals surface area contributed by atoms with Crippen molar-refractivity contribution >= 4 is 17.2 Å². The molecule has 0 saturated heterocycles. The third kappa shape index (κ3) is 3.62. The van der Waals surface area contributed by atoms with Gasteiger partial charge in [0.05, 0.1) is 4.92 Å². The van der Waals surface area contributed by atoms with Crippen LogP contribution in [-0.2, 0) is 0 Å². The Hall–Kier alpha value is -2.31. The van der Waals surface area contributed by atoms with Crippen LogP contribution < -0.4 is 10.6 Å². The van der Waals surface area contributed by atoms with E-state index in [0.717, 1.165) is 19.5 Å². The van der Waals surface area contributed by atoms with E-state index in [1.54, 1.807) is 12.1 Å². The highest BCUT2D eigenvalue weighted by Gasteiger charge is 2.27. The van der Waals surface area contributed by atoms with Crippen molar-refractivity contribution in [2.75, 3.05) is 18.0 Å². The number of hydrogen-bond donors (Lipinski definition) is 2. The third-order valence-electron chi connectivity index (χ3n) is 3.59. The van der Waals surface area contributed by atoms with E-state index in [1.807, 2.05) is 0 Å². The van der Waals surface area contributed by atoms with Gasteiger partial charge in [-0.1, -0.05) is 12.1 Å². The number of nitrogens with zero attached hydrogens (tertiary/aromatic N) is 3. The summed E-state index contributed by atoms with van der Waals surface area (Å²) in [5, 5.41) is 22.9. The molecule has 114 valence electrons. The molecule has 0 radical (unpaired) electrons. The van der Waals surface area contributed by atoms with Gasteiger partial charge >= 0.3 is 0 Å². The van der Waals surface area contributed by atoms with Gasteiger partial charge in [0.25, 0.3) is 5.69 Å². The number of hydrogen-bond acceptors (Lipinski definition) is 5. The Balaban J connectivity index is 2.37. The lowest BCUT2D eigenvalue weighted by molar-refractivity contribution is -0.384. The summed E-state index contributed by atoms with van der Waals surface area (Å²) in [6, 6.07) is 4.69. The maximum absolute atomic E-state index is 11.3. The van der Waals surface area contributed by atoms with Crippen molar-refractivity contribution in [2.24, 2.45) is 16.8 Å². The Morgan fingerprint density at radius 2 is 2.29 bits per heavy atom. The molecule has 0 spiro atoms. The van der Waals surface area contributed by atoms with Gasteiger partial charge in [-0.3, -0.25) is 10.1 Å². The fourth-order valence-corrected chi connectivity index (χ4v) is 2.35. The van der Waals surface area contributed by atoms with Crippen molar-refractivity contribution < 1.29 is 10.1 Å². The first-order valence-electron chi connectivity index (χ1n) is 7.08. The quantitative estimate of drug-likeness (QED) is 0.264. The monoisotopic (exact) mass is 292 g/mol. The summed E-state index contributed by atoms with van der Waals surface area (Å²) < 4.78 is 0. The first-order valence-corrected chi connectivity index (χ1v) is 7.08. The molecule has 21 heavy (non-hydrogen) atoms. The molecule has 0 aliphatic heterocycles. The molecule has 1 saturated carbocycles. The van der Waals surface area contributed by atoms with Crippen LogP contribution in [0.4, 0.5) is 11.4 Å². The minimum absolute atomic E-state index is 0.00630. The van der Waals surface area contributed by atoms with E-state index in [9.17, 15) is 10.1 Å². The van der Waals surface area contributed by atoms with Crippen LogP contribution in [0.15, 0.2) is 23.4 Å². The van der Waals surface area contributed by atoms with Gasteiger partial charge in [0.1, 0.15) is 5.69 Å². The topological polar surface area (TPSA) is 105 Å². The van der Waals surface area contributed by atoms with E-state index in [1.165, 1.54) is 18.9 Å². The molecule has 1 aliphatic rings. The summed E-state index contributed by atoms with van der Waals surface area (Å²) in [5.74, 6) is 0.508. The predicted octanol–water partition coefficient (Wildman–Crippen LogP) is 2.32. The zero-order valence-corrected chi connectivity index (χ0v) is 12.0. The minimum Gasteiger partial charge on any atom is -0.409 e. The van der Waals surface area contributed by atoms with E-state index in [0.29, 0.717) is 17.2 Å². The van der Waals surface area contributed by atoms with Crippen LogP contribution >= 0.6 is 0 Å². The van der Waals surface area contributed by atoms with Gasteiger partial charge in [-0.2, -0.15) is 0 Å². The number of amidine groups is 1. The second-order valence-electron chi connectivity index (χ2n) is 5.34. The molecule has 0 amide bonds. The molecule has 2 rings (SSSR count). The Labute approximate surface area is 123 Å². The first-order chi connectivity index (χ1) is 10.1. The average Bonchev–Trinajstić information content (AvgIpc) is 3.29. The predicted molar refractivity (Wildman–Crippen MR) is 80.8 cm³/mol. The van der Waals surface area contributed by atoms with Gasteiger partial charge in [0.2, 0.25) is 0 Å². The summed E-state index contributed by atoms with van der Waals surface area (Å²) in [7, 11) is 0. The van der Waals surface area contributed by atoms with Gasteiger partial charge in [0, 0.05) is 24.7 Å². The van der Waals surface area contributed by atoms with Crippen molar-refractivity contribution in [1.29, 1.82) is 0 Å². The van der Waals surface area contributed by atoms with E-state index in [-0.39, 0.29) is 11.5 Å². The Bertz CT molecular complexity index is 555. The summed E-state index contributed by atoms with van der Waals surface area (Å²) in [6.45, 7) is 3.67. The standard InChI is InChI=1S/C14H20N4O3/c1-2-7-17(9-10-3-4-10)12-6-5-11(14(15)16-19)8-13(12)18(20)21/h5-6,8,10,19H,2-4,7,9H2,1H3,(H2,15,16). The van der Waals surface area contributed by atoms with Gasteiger partial charge in [-0.05, 0) is 37.3 Å². The zero-order valence-electron chi connectivity index (χ0n) is 12.0. The van der Waals surface area contributed by atoms with Crippen LogP contribution in [0.25, 0.3) is 0 Å². The minimum atomic E-state index is -0.418. The van der Waals surface area contributed by atoms with Crippen LogP contribution in [0.3, 0.4) is 0 Å². The first kappa shape index (κ1) is 15.1. The molecule has 1 aromatic carbocycles. The molecule has 1 fully saturated rings. The SMILES string of the molecule is CCCN(CC1CC1)c1ccc(C(N)=NO)cc1[N+](=O)[O-]. The fourth-order valence-electron chi connectivity index (χ4n) is 2.35. The average molecular weight is 292 g/mol. The van der Waals surface area contributed by atoms with Crippen LogP contribution in [0.2, 0.25) is 0 Å². The van der Waals surface area contributed by atoms with E-state index < -0.39 is 4.92 Å². The van der Waals surface area contributed by atoms with Gasteiger partial charge < -0.3 is 15.8 Å². The molecule has 1 aliphatic carbocycles. The highest BCUT2D eigenvalue weighted by atomic mass is 16.6. The number of rotatable bonds is 7. The number of nitro groups is 1. The molecule has 0 heterocycles. The number of nitro benzene ring substituents is 1. The molecular formula is C14H20N4O3. The third-order valence-corrected chi connectivity index (χ3v) is 3.59. The molecule has 0 aromatic heterocycles. The number of nitrogens with two attached hydrogens (primary N) is 1. The Morgan fingerprint density at radius 3 is 2.81 bits per heavy atom. The number of benzene rings is 1. The molecule has 0 atom stereocenters. The van der Waals surface area contributed by atoms with Crippen molar-refractivity contribution in [1.82, 2.24) is 0 Å². The molecular weight excluding hydrogens is 272 g/mol. The van der Waals surface area contributed by atoms with Gasteiger partial charge in [-0.15, -0.1) is 0 Å². The summed E-state index contributed by atoms with van der Waals surface area (Å²) in [5.41, 5.74) is 6.44. The highest BCUT2D eigenvalue weighted by molar-refractivity contribution is 5.98. The zero-order chi connectivity index (χ0) is 15.4. The fraction of sp³-hybridized carbons (Fsp3) is 0.500. The van der Waals surface area contributed by atoms with Crippen LogP contribution in [0.1, 0.15) is 31.7 Å². The van der Waals surface area contributed by atoms with Gasteiger partial charge in [-0.25, -0.2) is 0 Å². The van der Waals surface area contributed by atoms with Crippen LogP contribution in [-0.4, -0.2) is 29.1 Å². The van der Waals surface area contributed by atoms with Crippen molar-refractivity contribution in [3.8, 4) is 0 Å². The number of anilines is 1. The summed E-state index contributed by atoms with van der Waals surface area (Å²) >= 11 is 0. The van der Waals surface area contributed by atoms with Crippen molar-refractivity contribution in [3.05, 3.63) is 33.9 Å². The van der Waals surface area contributed by atoms with E-state index in [2.05, 4.69) is 17.0 Å². The van der Waals surface area contributed by atoms with E-state index in [4.69, 9.17) is 10.9 Å². The largest absolute Gasteiger partial charge is 0.409 e.